The van der Waals surface area contributed by atoms with Crippen LogP contribution in [0.4, 0.5) is 0 Å². The van der Waals surface area contributed by atoms with Crippen molar-refractivity contribution >= 4 is 28.9 Å². The lowest BCUT2D eigenvalue weighted by molar-refractivity contribution is -0.121. The molecule has 1 aliphatic carbocycles. The van der Waals surface area contributed by atoms with Crippen LogP contribution in [-0.4, -0.2) is 31.4 Å². The molecule has 4 rings (SSSR count). The first-order chi connectivity index (χ1) is 13.9. The minimum atomic E-state index is -0.261. The Kier molecular flexibility index (Phi) is 5.31. The summed E-state index contributed by atoms with van der Waals surface area (Å²) in [5, 5.41) is 4.16. The monoisotopic (exact) mass is 412 g/mol. The van der Waals surface area contributed by atoms with E-state index in [9.17, 15) is 9.59 Å². The molecule has 0 unspecified atom stereocenters. The van der Waals surface area contributed by atoms with Gasteiger partial charge >= 0.3 is 0 Å². The minimum absolute atomic E-state index is 0.238. The largest absolute Gasteiger partial charge is 0.279 e. The number of aryl methyl sites for hydroxylation is 3. The molecule has 0 spiro atoms. The Labute approximate surface area is 172 Å². The zero-order chi connectivity index (χ0) is 20.5. The molecular formula is C20H24N6O2S. The maximum Gasteiger partial charge on any atom is 0.279 e. The summed E-state index contributed by atoms with van der Waals surface area (Å²) in [6.07, 6.45) is 5.43. The van der Waals surface area contributed by atoms with Crippen molar-refractivity contribution < 1.29 is 9.59 Å². The van der Waals surface area contributed by atoms with E-state index in [1.165, 1.54) is 34.5 Å². The molecule has 1 aliphatic rings. The van der Waals surface area contributed by atoms with E-state index in [1.807, 2.05) is 19.9 Å². The predicted molar refractivity (Wildman–Crippen MR) is 110 cm³/mol. The van der Waals surface area contributed by atoms with E-state index < -0.39 is 0 Å². The fraction of sp³-hybridized carbons (Fsp3) is 0.450. The van der Waals surface area contributed by atoms with Crippen LogP contribution < -0.4 is 10.9 Å². The summed E-state index contributed by atoms with van der Waals surface area (Å²) in [5.41, 5.74) is 9.04. The summed E-state index contributed by atoms with van der Waals surface area (Å²) in [7, 11) is 0. The van der Waals surface area contributed by atoms with Gasteiger partial charge in [0, 0.05) is 22.7 Å². The highest BCUT2D eigenvalue weighted by molar-refractivity contribution is 7.14. The fourth-order valence-electron chi connectivity index (χ4n) is 3.82. The molecule has 152 valence electrons. The van der Waals surface area contributed by atoms with Gasteiger partial charge < -0.3 is 0 Å². The SMILES string of the molecule is Cc1nc2ncnn2c(C)c1CCC(=O)NNC(=O)c1cc2c(s1)CC[C@H](C)C2. The maximum absolute atomic E-state index is 12.4. The van der Waals surface area contributed by atoms with Crippen LogP contribution in [0.1, 0.15) is 56.8 Å². The van der Waals surface area contributed by atoms with Crippen LogP contribution in [0.5, 0.6) is 0 Å². The second-order valence-electron chi connectivity index (χ2n) is 7.64. The normalized spacial score (nSPS) is 15.9. The van der Waals surface area contributed by atoms with Gasteiger partial charge in [0.15, 0.2) is 0 Å². The molecule has 9 heteroatoms. The molecule has 0 aliphatic heterocycles. The molecule has 3 heterocycles. The Bertz CT molecular complexity index is 1090. The summed E-state index contributed by atoms with van der Waals surface area (Å²) < 4.78 is 1.67. The van der Waals surface area contributed by atoms with Gasteiger partial charge in [-0.15, -0.1) is 11.3 Å². The van der Waals surface area contributed by atoms with E-state index in [0.717, 1.165) is 29.8 Å². The van der Waals surface area contributed by atoms with Crippen molar-refractivity contribution in [3.63, 3.8) is 0 Å². The van der Waals surface area contributed by atoms with Gasteiger partial charge in [-0.1, -0.05) is 6.92 Å². The molecule has 0 aromatic carbocycles. The van der Waals surface area contributed by atoms with Crippen LogP contribution in [0, 0.1) is 19.8 Å². The van der Waals surface area contributed by atoms with Crippen molar-refractivity contribution in [3.05, 3.63) is 44.7 Å². The van der Waals surface area contributed by atoms with Gasteiger partial charge in [-0.05, 0) is 62.6 Å². The number of hydrazine groups is 1. The molecule has 3 aromatic rings. The van der Waals surface area contributed by atoms with E-state index >= 15 is 0 Å². The molecule has 0 radical (unpaired) electrons. The topological polar surface area (TPSA) is 101 Å². The van der Waals surface area contributed by atoms with Gasteiger partial charge in [0.1, 0.15) is 6.33 Å². The van der Waals surface area contributed by atoms with Crippen molar-refractivity contribution in [2.75, 3.05) is 0 Å². The highest BCUT2D eigenvalue weighted by Crippen LogP contribution is 2.32. The van der Waals surface area contributed by atoms with E-state index in [-0.39, 0.29) is 18.2 Å². The number of nitrogens with zero attached hydrogens (tertiary/aromatic N) is 4. The van der Waals surface area contributed by atoms with Crippen LogP contribution in [0.3, 0.4) is 0 Å². The van der Waals surface area contributed by atoms with Crippen molar-refractivity contribution in [1.29, 1.82) is 0 Å². The third-order valence-corrected chi connectivity index (χ3v) is 6.70. The van der Waals surface area contributed by atoms with Gasteiger partial charge in [0.25, 0.3) is 11.7 Å². The summed E-state index contributed by atoms with van der Waals surface area (Å²) in [4.78, 5) is 35.1. The first-order valence-electron chi connectivity index (χ1n) is 9.79. The van der Waals surface area contributed by atoms with Crippen LogP contribution in [-0.2, 0) is 24.1 Å². The second-order valence-corrected chi connectivity index (χ2v) is 8.78. The standard InChI is InChI=1S/C20H24N6O2S/c1-11-4-6-16-14(8-11)9-17(29-16)19(28)25-24-18(27)7-5-15-12(2)23-20-21-10-22-26(20)13(15)3/h9-11H,4-8H2,1-3H3,(H,24,27)(H,25,28)/t11-/m0/s1. The zero-order valence-corrected chi connectivity index (χ0v) is 17.6. The number of aromatic nitrogens is 4. The first kappa shape index (κ1) is 19.5. The number of hydrogen-bond donors (Lipinski definition) is 2. The second kappa shape index (κ2) is 7.90. The number of carbonyl (C=O) groups is 2. The van der Waals surface area contributed by atoms with Crippen molar-refractivity contribution in [1.82, 2.24) is 30.4 Å². The smallest absolute Gasteiger partial charge is 0.273 e. The summed E-state index contributed by atoms with van der Waals surface area (Å²) in [5.74, 6) is 0.702. The highest BCUT2D eigenvalue weighted by Gasteiger charge is 2.21. The summed E-state index contributed by atoms with van der Waals surface area (Å²) in [6, 6.07) is 1.96. The Hall–Kier alpha value is -2.81. The molecule has 29 heavy (non-hydrogen) atoms. The number of amides is 2. The molecule has 0 bridgehead atoms. The highest BCUT2D eigenvalue weighted by atomic mass is 32.1. The molecular weight excluding hydrogens is 388 g/mol. The third-order valence-electron chi connectivity index (χ3n) is 5.46. The lowest BCUT2D eigenvalue weighted by Crippen LogP contribution is -2.41. The Morgan fingerprint density at radius 2 is 2.14 bits per heavy atom. The van der Waals surface area contributed by atoms with Gasteiger partial charge in [-0.25, -0.2) is 9.50 Å². The summed E-state index contributed by atoms with van der Waals surface area (Å²) in [6.45, 7) is 6.07. The quantitative estimate of drug-likeness (QED) is 0.641. The van der Waals surface area contributed by atoms with Gasteiger partial charge in [-0.3, -0.25) is 20.4 Å². The van der Waals surface area contributed by atoms with Crippen LogP contribution in [0.25, 0.3) is 5.78 Å². The molecule has 2 N–H and O–H groups in total. The average molecular weight is 413 g/mol. The minimum Gasteiger partial charge on any atom is -0.273 e. The number of thiophene rings is 1. The molecule has 0 fully saturated rings. The number of fused-ring (bicyclic) bond motifs is 2. The molecule has 0 saturated heterocycles. The van der Waals surface area contributed by atoms with Crippen LogP contribution in [0.15, 0.2) is 12.4 Å². The average Bonchev–Trinajstić information content (AvgIpc) is 3.32. The molecule has 1 atom stereocenters. The van der Waals surface area contributed by atoms with Crippen LogP contribution >= 0.6 is 11.3 Å². The number of carbonyl (C=O) groups excluding carboxylic acids is 2. The van der Waals surface area contributed by atoms with E-state index in [0.29, 0.717) is 23.0 Å². The lowest BCUT2D eigenvalue weighted by Gasteiger charge is -2.16. The van der Waals surface area contributed by atoms with Crippen molar-refractivity contribution in [2.24, 2.45) is 5.92 Å². The Balaban J connectivity index is 1.33. The third kappa shape index (κ3) is 4.00. The number of nitrogens with one attached hydrogen (secondary N) is 2. The van der Waals surface area contributed by atoms with Gasteiger partial charge in [-0.2, -0.15) is 10.1 Å². The van der Waals surface area contributed by atoms with E-state index in [4.69, 9.17) is 0 Å². The maximum atomic E-state index is 12.4. The molecule has 3 aromatic heterocycles. The zero-order valence-electron chi connectivity index (χ0n) is 16.8. The van der Waals surface area contributed by atoms with Gasteiger partial charge in [0.05, 0.1) is 4.88 Å². The first-order valence-corrected chi connectivity index (χ1v) is 10.6. The number of rotatable bonds is 4. The lowest BCUT2D eigenvalue weighted by atomic mass is 9.90. The predicted octanol–water partition coefficient (Wildman–Crippen LogP) is 2.32. The molecule has 8 nitrogen and oxygen atoms in total. The van der Waals surface area contributed by atoms with Crippen molar-refractivity contribution in [3.8, 4) is 0 Å². The van der Waals surface area contributed by atoms with E-state index in [2.05, 4.69) is 32.8 Å². The fourth-order valence-corrected chi connectivity index (χ4v) is 4.93. The van der Waals surface area contributed by atoms with Crippen molar-refractivity contribution in [2.45, 2.75) is 52.9 Å². The van der Waals surface area contributed by atoms with Gasteiger partial charge in [0.2, 0.25) is 5.91 Å². The summed E-state index contributed by atoms with van der Waals surface area (Å²) >= 11 is 1.53. The number of hydrogen-bond acceptors (Lipinski definition) is 6. The molecule has 2 amide bonds. The van der Waals surface area contributed by atoms with E-state index in [1.54, 1.807) is 4.52 Å². The van der Waals surface area contributed by atoms with Crippen LogP contribution in [0.2, 0.25) is 0 Å². The molecule has 0 saturated carbocycles. The Morgan fingerprint density at radius 1 is 1.31 bits per heavy atom. The Morgan fingerprint density at radius 3 is 2.97 bits per heavy atom.